The van der Waals surface area contributed by atoms with Crippen LogP contribution in [0.4, 0.5) is 10.1 Å². The third kappa shape index (κ3) is 4.81. The van der Waals surface area contributed by atoms with E-state index in [1.54, 1.807) is 24.3 Å². The number of hydrogen-bond donors (Lipinski definition) is 1. The Morgan fingerprint density at radius 1 is 1.24 bits per heavy atom. The van der Waals surface area contributed by atoms with Crippen molar-refractivity contribution < 1.29 is 13.6 Å². The van der Waals surface area contributed by atoms with Crippen LogP contribution in [0.1, 0.15) is 0 Å². The Morgan fingerprint density at radius 3 is 2.72 bits per heavy atom. The van der Waals surface area contributed by atoms with Gasteiger partial charge in [-0.2, -0.15) is 0 Å². The summed E-state index contributed by atoms with van der Waals surface area (Å²) < 4.78 is 19.0. The van der Waals surface area contributed by atoms with Gasteiger partial charge in [0.05, 0.1) is 11.4 Å². The summed E-state index contributed by atoms with van der Waals surface area (Å²) in [6.07, 6.45) is 0. The summed E-state index contributed by atoms with van der Waals surface area (Å²) in [5.74, 6) is -0.240. The molecule has 0 unspecified atom stereocenters. The zero-order chi connectivity index (χ0) is 17.8. The van der Waals surface area contributed by atoms with Gasteiger partial charge in [0, 0.05) is 15.1 Å². The Balaban J connectivity index is 1.58. The number of anilines is 1. The second-order valence-electron chi connectivity index (χ2n) is 4.84. The maximum Gasteiger partial charge on any atom is 0.277 e. The van der Waals surface area contributed by atoms with Gasteiger partial charge in [0.1, 0.15) is 5.82 Å². The third-order valence-electron chi connectivity index (χ3n) is 3.03. The normalized spacial score (nSPS) is 10.7. The van der Waals surface area contributed by atoms with Crippen molar-refractivity contribution in [2.45, 2.75) is 5.22 Å². The van der Waals surface area contributed by atoms with Crippen LogP contribution in [-0.4, -0.2) is 21.9 Å². The Kier molecular flexibility index (Phi) is 5.72. The first kappa shape index (κ1) is 17.9. The summed E-state index contributed by atoms with van der Waals surface area (Å²) >= 11 is 10.1. The first-order valence-corrected chi connectivity index (χ1v) is 9.14. The average Bonchev–Trinajstić information content (AvgIpc) is 3.05. The van der Waals surface area contributed by atoms with E-state index in [9.17, 15) is 9.18 Å². The minimum Gasteiger partial charge on any atom is -0.411 e. The summed E-state index contributed by atoms with van der Waals surface area (Å²) in [5, 5.41) is 11.4. The number of hydrogen-bond acceptors (Lipinski definition) is 5. The molecule has 1 N–H and O–H groups in total. The van der Waals surface area contributed by atoms with E-state index in [0.717, 1.165) is 17.3 Å². The molecule has 0 fully saturated rings. The topological polar surface area (TPSA) is 68.0 Å². The van der Waals surface area contributed by atoms with Gasteiger partial charge in [-0.1, -0.05) is 23.4 Å². The van der Waals surface area contributed by atoms with Gasteiger partial charge in [0.15, 0.2) is 0 Å². The Morgan fingerprint density at radius 2 is 2.00 bits per heavy atom. The highest BCUT2D eigenvalue weighted by Gasteiger charge is 2.12. The van der Waals surface area contributed by atoms with E-state index >= 15 is 0 Å². The molecule has 9 heteroatoms. The molecule has 0 saturated carbocycles. The molecular weight excluding hydrogens is 433 g/mol. The largest absolute Gasteiger partial charge is 0.411 e. The molecule has 1 heterocycles. The second kappa shape index (κ2) is 7.99. The zero-order valence-electron chi connectivity index (χ0n) is 12.5. The van der Waals surface area contributed by atoms with Gasteiger partial charge >= 0.3 is 0 Å². The van der Waals surface area contributed by atoms with Crippen LogP contribution < -0.4 is 5.32 Å². The molecule has 1 aromatic heterocycles. The number of rotatable bonds is 5. The molecule has 0 aliphatic heterocycles. The summed E-state index contributed by atoms with van der Waals surface area (Å²) in [4.78, 5) is 12.0. The molecule has 0 aliphatic carbocycles. The summed E-state index contributed by atoms with van der Waals surface area (Å²) in [6, 6.07) is 11.0. The minimum atomic E-state index is -0.389. The number of thioether (sulfide) groups is 1. The maximum atomic E-state index is 13.0. The summed E-state index contributed by atoms with van der Waals surface area (Å²) in [6.45, 7) is 0. The monoisotopic (exact) mass is 441 g/mol. The molecule has 5 nitrogen and oxygen atoms in total. The quantitative estimate of drug-likeness (QED) is 0.562. The number of nitrogens with one attached hydrogen (secondary N) is 1. The fourth-order valence-electron chi connectivity index (χ4n) is 1.88. The molecule has 0 saturated heterocycles. The highest BCUT2D eigenvalue weighted by molar-refractivity contribution is 9.10. The molecule has 128 valence electrons. The molecule has 0 bridgehead atoms. The number of carbonyl (C=O) groups is 1. The molecule has 3 rings (SSSR count). The highest BCUT2D eigenvalue weighted by atomic mass is 79.9. The van der Waals surface area contributed by atoms with E-state index < -0.39 is 0 Å². The molecular formula is C16H10BrClFN3O2S. The van der Waals surface area contributed by atoms with Crippen molar-refractivity contribution >= 4 is 50.9 Å². The van der Waals surface area contributed by atoms with Crippen LogP contribution in [0.2, 0.25) is 5.02 Å². The van der Waals surface area contributed by atoms with Crippen molar-refractivity contribution in [3.05, 3.63) is 57.8 Å². The van der Waals surface area contributed by atoms with Crippen LogP contribution in [0.15, 0.2) is 56.6 Å². The van der Waals surface area contributed by atoms with Gasteiger partial charge in [0.2, 0.25) is 11.8 Å². The molecule has 3 aromatic rings. The number of amides is 1. The lowest BCUT2D eigenvalue weighted by Crippen LogP contribution is -2.14. The fraction of sp³-hybridized carbons (Fsp3) is 0.0625. The smallest absolute Gasteiger partial charge is 0.277 e. The standard InChI is InChI=1S/C16H10BrClFN3O2S/c17-12-7-11(19)5-6-13(12)20-14(23)8-25-16-22-21-15(24-16)9-1-3-10(18)4-2-9/h1-7H,8H2,(H,20,23). The van der Waals surface area contributed by atoms with Crippen molar-refractivity contribution in [3.63, 3.8) is 0 Å². The van der Waals surface area contributed by atoms with Crippen LogP contribution in [0.5, 0.6) is 0 Å². The number of halogens is 3. The van der Waals surface area contributed by atoms with E-state index in [4.69, 9.17) is 16.0 Å². The lowest BCUT2D eigenvalue weighted by molar-refractivity contribution is -0.113. The SMILES string of the molecule is O=C(CSc1nnc(-c2ccc(Cl)cc2)o1)Nc1ccc(F)cc1Br. The molecule has 0 atom stereocenters. The minimum absolute atomic E-state index is 0.0755. The van der Waals surface area contributed by atoms with Gasteiger partial charge in [-0.05, 0) is 58.4 Å². The number of aromatic nitrogens is 2. The van der Waals surface area contributed by atoms with Crippen molar-refractivity contribution in [2.24, 2.45) is 0 Å². The van der Waals surface area contributed by atoms with Crippen molar-refractivity contribution in [1.82, 2.24) is 10.2 Å². The van der Waals surface area contributed by atoms with Crippen molar-refractivity contribution in [1.29, 1.82) is 0 Å². The fourth-order valence-corrected chi connectivity index (χ4v) is 3.02. The Bertz CT molecular complexity index is 905. The van der Waals surface area contributed by atoms with E-state index in [1.165, 1.54) is 18.2 Å². The lowest BCUT2D eigenvalue weighted by Gasteiger charge is -2.06. The Hall–Kier alpha value is -1.90. The van der Waals surface area contributed by atoms with Crippen LogP contribution in [-0.2, 0) is 4.79 Å². The van der Waals surface area contributed by atoms with Crippen LogP contribution in [0.25, 0.3) is 11.5 Å². The first-order chi connectivity index (χ1) is 12.0. The van der Waals surface area contributed by atoms with Crippen LogP contribution >= 0.6 is 39.3 Å². The second-order valence-corrected chi connectivity index (χ2v) is 7.06. The van der Waals surface area contributed by atoms with Gasteiger partial charge < -0.3 is 9.73 Å². The molecule has 0 aliphatic rings. The zero-order valence-corrected chi connectivity index (χ0v) is 15.7. The van der Waals surface area contributed by atoms with Gasteiger partial charge in [-0.15, -0.1) is 10.2 Å². The van der Waals surface area contributed by atoms with E-state index in [1.807, 2.05) is 0 Å². The first-order valence-electron chi connectivity index (χ1n) is 6.98. The number of carbonyl (C=O) groups excluding carboxylic acids is 1. The number of benzene rings is 2. The lowest BCUT2D eigenvalue weighted by atomic mass is 10.2. The van der Waals surface area contributed by atoms with Gasteiger partial charge in [-0.3, -0.25) is 4.79 Å². The molecule has 0 radical (unpaired) electrons. The van der Waals surface area contributed by atoms with E-state index in [2.05, 4.69) is 31.4 Å². The van der Waals surface area contributed by atoms with Crippen LogP contribution in [0, 0.1) is 5.82 Å². The van der Waals surface area contributed by atoms with Crippen LogP contribution in [0.3, 0.4) is 0 Å². The predicted molar refractivity (Wildman–Crippen MR) is 98.2 cm³/mol. The molecule has 1 amide bonds. The predicted octanol–water partition coefficient (Wildman–Crippen LogP) is 5.02. The number of nitrogens with zero attached hydrogens (tertiary/aromatic N) is 2. The van der Waals surface area contributed by atoms with Gasteiger partial charge in [-0.25, -0.2) is 4.39 Å². The third-order valence-corrected chi connectivity index (χ3v) is 4.76. The molecule has 2 aromatic carbocycles. The summed E-state index contributed by atoms with van der Waals surface area (Å²) in [5.41, 5.74) is 1.22. The molecule has 0 spiro atoms. The van der Waals surface area contributed by atoms with Crippen molar-refractivity contribution in [2.75, 3.05) is 11.1 Å². The van der Waals surface area contributed by atoms with E-state index in [0.29, 0.717) is 21.1 Å². The van der Waals surface area contributed by atoms with Gasteiger partial charge in [0.25, 0.3) is 5.22 Å². The highest BCUT2D eigenvalue weighted by Crippen LogP contribution is 2.26. The van der Waals surface area contributed by atoms with E-state index in [-0.39, 0.29) is 22.7 Å². The maximum absolute atomic E-state index is 13.0. The summed E-state index contributed by atoms with van der Waals surface area (Å²) in [7, 11) is 0. The average molecular weight is 443 g/mol. The molecule has 25 heavy (non-hydrogen) atoms. The Labute approximate surface area is 160 Å². The van der Waals surface area contributed by atoms with Crippen molar-refractivity contribution in [3.8, 4) is 11.5 Å².